The van der Waals surface area contributed by atoms with E-state index in [4.69, 9.17) is 10.6 Å². The summed E-state index contributed by atoms with van der Waals surface area (Å²) in [5, 5.41) is 1.70. The highest BCUT2D eigenvalue weighted by molar-refractivity contribution is 5.79. The zero-order valence-electron chi connectivity index (χ0n) is 7.62. The second kappa shape index (κ2) is 3.87. The van der Waals surface area contributed by atoms with Crippen molar-refractivity contribution in [2.24, 2.45) is 11.7 Å². The number of amides is 1. The van der Waals surface area contributed by atoms with Crippen molar-refractivity contribution >= 4 is 5.91 Å². The zero-order valence-corrected chi connectivity index (χ0v) is 7.62. The van der Waals surface area contributed by atoms with Crippen molar-refractivity contribution in [1.82, 2.24) is 5.06 Å². The van der Waals surface area contributed by atoms with E-state index in [9.17, 15) is 4.79 Å². The largest absolute Gasteiger partial charge is 0.368 e. The quantitative estimate of drug-likeness (QED) is 0.658. The summed E-state index contributed by atoms with van der Waals surface area (Å²) >= 11 is 0. The predicted molar refractivity (Wildman–Crippen MR) is 45.1 cm³/mol. The second-order valence-electron chi connectivity index (χ2n) is 3.33. The molecule has 2 unspecified atom stereocenters. The lowest BCUT2D eigenvalue weighted by Crippen LogP contribution is -2.42. The fourth-order valence-electron chi connectivity index (χ4n) is 1.40. The maximum Gasteiger partial charge on any atom is 0.237 e. The van der Waals surface area contributed by atoms with Crippen LogP contribution in [-0.2, 0) is 9.63 Å². The van der Waals surface area contributed by atoms with Gasteiger partial charge in [-0.05, 0) is 12.3 Å². The van der Waals surface area contributed by atoms with Crippen LogP contribution in [0.2, 0.25) is 0 Å². The summed E-state index contributed by atoms with van der Waals surface area (Å²) in [7, 11) is 0. The van der Waals surface area contributed by atoms with Crippen molar-refractivity contribution in [3.63, 3.8) is 0 Å². The van der Waals surface area contributed by atoms with Crippen LogP contribution in [0.15, 0.2) is 0 Å². The fraction of sp³-hybridized carbons (Fsp3) is 0.875. The maximum atomic E-state index is 10.9. The Morgan fingerprint density at radius 3 is 2.83 bits per heavy atom. The second-order valence-corrected chi connectivity index (χ2v) is 3.33. The van der Waals surface area contributed by atoms with Crippen LogP contribution in [0.1, 0.15) is 20.3 Å². The van der Waals surface area contributed by atoms with Gasteiger partial charge in [0.1, 0.15) is 6.04 Å². The molecule has 1 rings (SSSR count). The predicted octanol–water partition coefficient (Wildman–Crippen LogP) is 0.134. The molecule has 12 heavy (non-hydrogen) atoms. The van der Waals surface area contributed by atoms with Gasteiger partial charge >= 0.3 is 0 Å². The molecule has 4 heteroatoms. The number of primary amides is 1. The lowest BCUT2D eigenvalue weighted by Gasteiger charge is -2.21. The molecule has 0 bridgehead atoms. The third-order valence-electron chi connectivity index (χ3n) is 2.08. The Balaban J connectivity index is 2.49. The van der Waals surface area contributed by atoms with Crippen LogP contribution < -0.4 is 5.73 Å². The van der Waals surface area contributed by atoms with Crippen LogP contribution in [-0.4, -0.2) is 30.2 Å². The molecule has 1 aliphatic heterocycles. The normalized spacial score (nSPS) is 27.3. The Morgan fingerprint density at radius 2 is 2.50 bits per heavy atom. The van der Waals surface area contributed by atoms with Gasteiger partial charge in [-0.1, -0.05) is 13.8 Å². The molecule has 0 spiro atoms. The smallest absolute Gasteiger partial charge is 0.237 e. The van der Waals surface area contributed by atoms with Crippen molar-refractivity contribution < 1.29 is 9.63 Å². The van der Waals surface area contributed by atoms with Gasteiger partial charge in [0.2, 0.25) is 5.91 Å². The first kappa shape index (κ1) is 9.48. The van der Waals surface area contributed by atoms with E-state index in [1.54, 1.807) is 5.06 Å². The molecule has 0 saturated carbocycles. The van der Waals surface area contributed by atoms with Crippen molar-refractivity contribution in [3.05, 3.63) is 0 Å². The average Bonchev–Trinajstić information content (AvgIpc) is 2.37. The average molecular weight is 172 g/mol. The molecule has 1 saturated heterocycles. The van der Waals surface area contributed by atoms with Gasteiger partial charge in [0.05, 0.1) is 6.61 Å². The molecule has 2 N–H and O–H groups in total. The van der Waals surface area contributed by atoms with Crippen LogP contribution in [0.3, 0.4) is 0 Å². The van der Waals surface area contributed by atoms with Gasteiger partial charge in [-0.15, -0.1) is 0 Å². The highest BCUT2D eigenvalue weighted by Gasteiger charge is 2.29. The van der Waals surface area contributed by atoms with E-state index in [1.165, 1.54) is 0 Å². The Bertz CT molecular complexity index is 172. The summed E-state index contributed by atoms with van der Waals surface area (Å²) < 4.78 is 0. The molecule has 1 aliphatic rings. The number of carbonyl (C=O) groups excluding carboxylic acids is 1. The van der Waals surface area contributed by atoms with Crippen LogP contribution in [0, 0.1) is 5.92 Å². The Kier molecular flexibility index (Phi) is 3.05. The molecule has 1 amide bonds. The lowest BCUT2D eigenvalue weighted by atomic mass is 10.1. The Morgan fingerprint density at radius 1 is 1.83 bits per heavy atom. The highest BCUT2D eigenvalue weighted by atomic mass is 16.7. The molecule has 2 atom stereocenters. The minimum Gasteiger partial charge on any atom is -0.368 e. The van der Waals surface area contributed by atoms with Crippen LogP contribution in [0.5, 0.6) is 0 Å². The van der Waals surface area contributed by atoms with Crippen molar-refractivity contribution in [3.8, 4) is 0 Å². The molecular formula is C8H16N2O2. The van der Waals surface area contributed by atoms with Gasteiger partial charge in [-0.3, -0.25) is 9.63 Å². The molecular weight excluding hydrogens is 156 g/mol. The van der Waals surface area contributed by atoms with E-state index >= 15 is 0 Å². The minimum atomic E-state index is -0.299. The van der Waals surface area contributed by atoms with E-state index in [1.807, 2.05) is 6.92 Å². The number of nitrogens with zero attached hydrogens (tertiary/aromatic N) is 1. The van der Waals surface area contributed by atoms with Gasteiger partial charge in [0, 0.05) is 6.54 Å². The number of hydrogen-bond acceptors (Lipinski definition) is 3. The van der Waals surface area contributed by atoms with Gasteiger partial charge in [0.15, 0.2) is 0 Å². The number of hydroxylamine groups is 2. The Hall–Kier alpha value is -0.610. The molecule has 1 heterocycles. The summed E-state index contributed by atoms with van der Waals surface area (Å²) in [6.45, 7) is 5.53. The lowest BCUT2D eigenvalue weighted by molar-refractivity contribution is -0.159. The molecule has 1 fully saturated rings. The fourth-order valence-corrected chi connectivity index (χ4v) is 1.40. The first-order valence-electron chi connectivity index (χ1n) is 4.34. The van der Waals surface area contributed by atoms with Crippen LogP contribution >= 0.6 is 0 Å². The van der Waals surface area contributed by atoms with Gasteiger partial charge in [-0.25, -0.2) is 0 Å². The molecule has 0 radical (unpaired) electrons. The molecule has 70 valence electrons. The summed E-state index contributed by atoms with van der Waals surface area (Å²) in [5.41, 5.74) is 5.21. The number of carbonyl (C=O) groups is 1. The monoisotopic (exact) mass is 172 g/mol. The van der Waals surface area contributed by atoms with E-state index in [0.29, 0.717) is 18.9 Å². The third-order valence-corrected chi connectivity index (χ3v) is 2.08. The topological polar surface area (TPSA) is 55.6 Å². The third kappa shape index (κ3) is 1.95. The molecule has 0 aromatic rings. The first-order chi connectivity index (χ1) is 5.65. The van der Waals surface area contributed by atoms with Crippen LogP contribution in [0.4, 0.5) is 0 Å². The maximum absolute atomic E-state index is 10.9. The van der Waals surface area contributed by atoms with Crippen molar-refractivity contribution in [2.75, 3.05) is 13.2 Å². The molecule has 0 aromatic carbocycles. The van der Waals surface area contributed by atoms with Gasteiger partial charge in [-0.2, -0.15) is 5.06 Å². The Labute approximate surface area is 72.6 Å². The van der Waals surface area contributed by atoms with E-state index in [-0.39, 0.29) is 11.9 Å². The van der Waals surface area contributed by atoms with Crippen LogP contribution in [0.25, 0.3) is 0 Å². The first-order valence-corrected chi connectivity index (χ1v) is 4.34. The standard InChI is InChI=1S/C8H16N2O2/c1-3-7(8(9)11)10-4-6(2)5-12-10/h6-7H,3-5H2,1-2H3,(H2,9,11). The van der Waals surface area contributed by atoms with E-state index in [0.717, 1.165) is 6.54 Å². The zero-order chi connectivity index (χ0) is 9.14. The summed E-state index contributed by atoms with van der Waals surface area (Å²) in [5.74, 6) is 0.199. The number of hydrogen-bond donors (Lipinski definition) is 1. The SMILES string of the molecule is CCC(C(N)=O)N1CC(C)CO1. The van der Waals surface area contributed by atoms with Crippen molar-refractivity contribution in [1.29, 1.82) is 0 Å². The molecule has 0 aromatic heterocycles. The summed E-state index contributed by atoms with van der Waals surface area (Å²) in [4.78, 5) is 16.2. The number of nitrogens with two attached hydrogens (primary N) is 1. The highest BCUT2D eigenvalue weighted by Crippen LogP contribution is 2.16. The summed E-state index contributed by atoms with van der Waals surface area (Å²) in [6, 6.07) is -0.255. The van der Waals surface area contributed by atoms with E-state index < -0.39 is 0 Å². The summed E-state index contributed by atoms with van der Waals surface area (Å²) in [6.07, 6.45) is 0.710. The number of rotatable bonds is 3. The van der Waals surface area contributed by atoms with Gasteiger partial charge in [0.25, 0.3) is 0 Å². The van der Waals surface area contributed by atoms with Gasteiger partial charge < -0.3 is 5.73 Å². The molecule has 4 nitrogen and oxygen atoms in total. The minimum absolute atomic E-state index is 0.255. The van der Waals surface area contributed by atoms with E-state index in [2.05, 4.69) is 6.92 Å². The molecule has 0 aliphatic carbocycles. The van der Waals surface area contributed by atoms with Crippen molar-refractivity contribution in [2.45, 2.75) is 26.3 Å².